The number of nitrogens with one attached hydrogen (secondary N) is 1. The molecular formula is C23H28BrNO5. The fourth-order valence-electron chi connectivity index (χ4n) is 3.99. The number of esters is 1. The third-order valence-corrected chi connectivity index (χ3v) is 6.38. The van der Waals surface area contributed by atoms with E-state index in [2.05, 4.69) is 21.2 Å². The van der Waals surface area contributed by atoms with Crippen LogP contribution in [0.15, 0.2) is 39.1 Å². The first-order chi connectivity index (χ1) is 14.3. The second-order valence-electron chi connectivity index (χ2n) is 7.62. The summed E-state index contributed by atoms with van der Waals surface area (Å²) >= 11 is 3.62. The van der Waals surface area contributed by atoms with Crippen LogP contribution in [0.3, 0.4) is 0 Å². The summed E-state index contributed by atoms with van der Waals surface area (Å²) in [4.78, 5) is 26.2. The molecule has 1 heterocycles. The zero-order valence-corrected chi connectivity index (χ0v) is 19.6. The van der Waals surface area contributed by atoms with E-state index in [-0.39, 0.29) is 11.9 Å². The Bertz CT molecular complexity index is 934. The van der Waals surface area contributed by atoms with Crippen LogP contribution in [0.4, 0.5) is 0 Å². The third-order valence-electron chi connectivity index (χ3n) is 5.69. The van der Waals surface area contributed by atoms with E-state index in [4.69, 9.17) is 14.2 Å². The number of ether oxygens (including phenoxy) is 3. The Kier molecular flexibility index (Phi) is 6.91. The van der Waals surface area contributed by atoms with Crippen molar-refractivity contribution in [1.29, 1.82) is 0 Å². The molecule has 1 aliphatic carbocycles. The van der Waals surface area contributed by atoms with E-state index in [9.17, 15) is 9.59 Å². The lowest BCUT2D eigenvalue weighted by atomic mass is 9.75. The molecule has 1 aliphatic heterocycles. The van der Waals surface area contributed by atoms with Crippen LogP contribution in [0.25, 0.3) is 0 Å². The molecule has 2 atom stereocenters. The topological polar surface area (TPSA) is 73.9 Å². The van der Waals surface area contributed by atoms with E-state index in [1.165, 1.54) is 0 Å². The second kappa shape index (κ2) is 9.25. The third kappa shape index (κ3) is 4.13. The number of dihydropyridines is 1. The monoisotopic (exact) mass is 477 g/mol. The lowest BCUT2D eigenvalue weighted by Gasteiger charge is -2.35. The smallest absolute Gasteiger partial charge is 0.337 e. The number of carbonyl (C=O) groups is 2. The molecule has 0 bridgehead atoms. The molecule has 1 aromatic rings. The van der Waals surface area contributed by atoms with Gasteiger partial charge in [0.15, 0.2) is 17.3 Å². The van der Waals surface area contributed by atoms with Gasteiger partial charge in [-0.25, -0.2) is 4.79 Å². The predicted octanol–water partition coefficient (Wildman–Crippen LogP) is 4.78. The van der Waals surface area contributed by atoms with E-state index >= 15 is 0 Å². The average Bonchev–Trinajstić information content (AvgIpc) is 2.72. The van der Waals surface area contributed by atoms with Gasteiger partial charge in [0.1, 0.15) is 0 Å². The summed E-state index contributed by atoms with van der Waals surface area (Å²) in [7, 11) is 3.13. The Morgan fingerprint density at radius 2 is 1.90 bits per heavy atom. The number of methoxy groups -OCH3 is 2. The van der Waals surface area contributed by atoms with E-state index in [0.717, 1.165) is 28.6 Å². The molecule has 2 aliphatic rings. The highest BCUT2D eigenvalue weighted by Gasteiger charge is 2.40. The fourth-order valence-corrected chi connectivity index (χ4v) is 4.54. The van der Waals surface area contributed by atoms with Gasteiger partial charge in [0, 0.05) is 33.8 Å². The summed E-state index contributed by atoms with van der Waals surface area (Å²) in [6, 6.07) is 3.63. The van der Waals surface area contributed by atoms with Crippen LogP contribution < -0.4 is 14.8 Å². The summed E-state index contributed by atoms with van der Waals surface area (Å²) in [5, 5.41) is 3.31. The Hall–Kier alpha value is -2.28. The van der Waals surface area contributed by atoms with Gasteiger partial charge in [-0.05, 0) is 50.8 Å². The summed E-state index contributed by atoms with van der Waals surface area (Å²) in [5.74, 6) is 0.199. The van der Waals surface area contributed by atoms with Crippen molar-refractivity contribution in [2.75, 3.05) is 14.2 Å². The molecule has 0 spiro atoms. The van der Waals surface area contributed by atoms with E-state index in [0.29, 0.717) is 41.2 Å². The van der Waals surface area contributed by atoms with Crippen molar-refractivity contribution >= 4 is 27.7 Å². The Morgan fingerprint density at radius 3 is 2.53 bits per heavy atom. The molecule has 0 saturated heterocycles. The van der Waals surface area contributed by atoms with Crippen molar-refractivity contribution in [2.45, 2.75) is 58.5 Å². The molecule has 0 aromatic heterocycles. The van der Waals surface area contributed by atoms with Gasteiger partial charge >= 0.3 is 5.97 Å². The normalized spacial score (nSPS) is 19.8. The zero-order valence-electron chi connectivity index (χ0n) is 18.1. The maximum absolute atomic E-state index is 13.2. The molecule has 1 aromatic carbocycles. The first-order valence-electron chi connectivity index (χ1n) is 10.2. The van der Waals surface area contributed by atoms with Gasteiger partial charge in [-0.15, -0.1) is 0 Å². The number of carbonyl (C=O) groups excluding carboxylic acids is 2. The molecule has 0 saturated carbocycles. The molecule has 0 radical (unpaired) electrons. The number of Topliss-reactive ketones (excluding diaryl/α,β-unsaturated/α-hetero) is 1. The summed E-state index contributed by atoms with van der Waals surface area (Å²) in [5.41, 5.74) is 3.46. The van der Waals surface area contributed by atoms with Crippen molar-refractivity contribution in [1.82, 2.24) is 5.32 Å². The van der Waals surface area contributed by atoms with Crippen molar-refractivity contribution in [3.8, 4) is 11.5 Å². The SMILES string of the molecule is CCC(C)OC(=O)C1=C(C)NC2=C(C(=O)CCC2)C1c1cc(OC)c(OC)cc1Br. The quantitative estimate of drug-likeness (QED) is 0.594. The molecule has 1 N–H and O–H groups in total. The number of allylic oxidation sites excluding steroid dienone is 3. The number of ketones is 1. The van der Waals surface area contributed by atoms with Crippen LogP contribution in [-0.4, -0.2) is 32.1 Å². The molecule has 30 heavy (non-hydrogen) atoms. The molecule has 7 heteroatoms. The minimum Gasteiger partial charge on any atom is -0.493 e. The average molecular weight is 478 g/mol. The van der Waals surface area contributed by atoms with Gasteiger partial charge in [-0.3, -0.25) is 4.79 Å². The Balaban J connectivity index is 2.21. The zero-order chi connectivity index (χ0) is 22.0. The lowest BCUT2D eigenvalue weighted by molar-refractivity contribution is -0.144. The van der Waals surface area contributed by atoms with Crippen molar-refractivity contribution in [2.24, 2.45) is 0 Å². The second-order valence-corrected chi connectivity index (χ2v) is 8.47. The minimum atomic E-state index is -0.542. The highest BCUT2D eigenvalue weighted by Crippen LogP contribution is 2.47. The largest absolute Gasteiger partial charge is 0.493 e. The molecule has 2 unspecified atom stereocenters. The molecule has 0 fully saturated rings. The van der Waals surface area contributed by atoms with Gasteiger partial charge in [-0.2, -0.15) is 0 Å². The number of benzene rings is 1. The van der Waals surface area contributed by atoms with Crippen LogP contribution in [0.5, 0.6) is 11.5 Å². The summed E-state index contributed by atoms with van der Waals surface area (Å²) in [6.45, 7) is 5.69. The molecular weight excluding hydrogens is 450 g/mol. The number of hydrogen-bond acceptors (Lipinski definition) is 6. The van der Waals surface area contributed by atoms with Crippen molar-refractivity contribution < 1.29 is 23.8 Å². The molecule has 162 valence electrons. The molecule has 0 amide bonds. The maximum Gasteiger partial charge on any atom is 0.337 e. The van der Waals surface area contributed by atoms with Crippen LogP contribution in [0.2, 0.25) is 0 Å². The number of hydrogen-bond donors (Lipinski definition) is 1. The Morgan fingerprint density at radius 1 is 1.23 bits per heavy atom. The molecule has 6 nitrogen and oxygen atoms in total. The highest BCUT2D eigenvalue weighted by atomic mass is 79.9. The van der Waals surface area contributed by atoms with E-state index in [1.54, 1.807) is 20.3 Å². The number of rotatable bonds is 6. The van der Waals surface area contributed by atoms with Gasteiger partial charge in [0.2, 0.25) is 0 Å². The fraction of sp³-hybridized carbons (Fsp3) is 0.478. The van der Waals surface area contributed by atoms with Crippen LogP contribution in [-0.2, 0) is 14.3 Å². The van der Waals surface area contributed by atoms with Crippen LogP contribution >= 0.6 is 15.9 Å². The molecule has 3 rings (SSSR count). The summed E-state index contributed by atoms with van der Waals surface area (Å²) in [6.07, 6.45) is 2.53. The van der Waals surface area contributed by atoms with Gasteiger partial charge in [-0.1, -0.05) is 22.9 Å². The standard InChI is InChI=1S/C23H28BrNO5/c1-6-12(2)30-23(27)20-13(3)25-16-8-7-9-17(26)22(16)21(20)14-10-18(28-4)19(29-5)11-15(14)24/h10-12,21,25H,6-9H2,1-5H3. The lowest BCUT2D eigenvalue weighted by Crippen LogP contribution is -2.35. The number of halogens is 1. The van der Waals surface area contributed by atoms with Crippen LogP contribution in [0, 0.1) is 0 Å². The van der Waals surface area contributed by atoms with E-state index in [1.807, 2.05) is 26.8 Å². The highest BCUT2D eigenvalue weighted by molar-refractivity contribution is 9.10. The first-order valence-corrected chi connectivity index (χ1v) is 11.0. The van der Waals surface area contributed by atoms with Crippen molar-refractivity contribution in [3.05, 3.63) is 44.7 Å². The summed E-state index contributed by atoms with van der Waals surface area (Å²) < 4.78 is 17.3. The van der Waals surface area contributed by atoms with Crippen molar-refractivity contribution in [3.63, 3.8) is 0 Å². The van der Waals surface area contributed by atoms with E-state index < -0.39 is 11.9 Å². The van der Waals surface area contributed by atoms with Gasteiger partial charge in [0.05, 0.1) is 25.9 Å². The maximum atomic E-state index is 13.2. The predicted molar refractivity (Wildman–Crippen MR) is 118 cm³/mol. The van der Waals surface area contributed by atoms with Gasteiger partial charge in [0.25, 0.3) is 0 Å². The van der Waals surface area contributed by atoms with Crippen LogP contribution in [0.1, 0.15) is 57.9 Å². The van der Waals surface area contributed by atoms with Gasteiger partial charge < -0.3 is 19.5 Å². The first kappa shape index (κ1) is 22.4. The Labute approximate surface area is 185 Å². The minimum absolute atomic E-state index is 0.0526.